The SMILES string of the molecule is CNC1CCCN(C(=O)C2=Cc3cc(OC)ccc3OC2)C1. The quantitative estimate of drug-likeness (QED) is 0.923. The molecule has 2 heterocycles. The Hall–Kier alpha value is -2.01. The topological polar surface area (TPSA) is 50.8 Å². The second kappa shape index (κ2) is 6.40. The second-order valence-corrected chi connectivity index (χ2v) is 5.74. The fourth-order valence-corrected chi connectivity index (χ4v) is 3.01. The molecule has 3 rings (SSSR count). The molecule has 2 aliphatic rings. The molecular formula is C17H22N2O3. The van der Waals surface area contributed by atoms with Gasteiger partial charge in [0.05, 0.1) is 12.7 Å². The first-order valence-electron chi connectivity index (χ1n) is 7.69. The van der Waals surface area contributed by atoms with Gasteiger partial charge in [0, 0.05) is 24.7 Å². The van der Waals surface area contributed by atoms with E-state index in [9.17, 15) is 4.79 Å². The largest absolute Gasteiger partial charge is 0.497 e. The van der Waals surface area contributed by atoms with E-state index in [4.69, 9.17) is 9.47 Å². The second-order valence-electron chi connectivity index (χ2n) is 5.74. The molecule has 1 N–H and O–H groups in total. The summed E-state index contributed by atoms with van der Waals surface area (Å²) in [5.74, 6) is 1.64. The normalized spacial score (nSPS) is 20.7. The fourth-order valence-electron chi connectivity index (χ4n) is 3.01. The molecule has 1 unspecified atom stereocenters. The predicted molar refractivity (Wildman–Crippen MR) is 85.1 cm³/mol. The number of nitrogens with one attached hydrogen (secondary N) is 1. The Morgan fingerprint density at radius 2 is 2.32 bits per heavy atom. The monoisotopic (exact) mass is 302 g/mol. The lowest BCUT2D eigenvalue weighted by atomic mass is 10.0. The maximum atomic E-state index is 12.7. The molecule has 5 heteroatoms. The molecule has 0 saturated carbocycles. The summed E-state index contributed by atoms with van der Waals surface area (Å²) in [7, 11) is 3.58. The van der Waals surface area contributed by atoms with Gasteiger partial charge in [-0.3, -0.25) is 4.79 Å². The Balaban J connectivity index is 1.79. The lowest BCUT2D eigenvalue weighted by Gasteiger charge is -2.33. The lowest BCUT2D eigenvalue weighted by molar-refractivity contribution is -0.128. The molecule has 0 bridgehead atoms. The summed E-state index contributed by atoms with van der Waals surface area (Å²) in [5.41, 5.74) is 1.61. The van der Waals surface area contributed by atoms with Crippen molar-refractivity contribution in [1.29, 1.82) is 0 Å². The van der Waals surface area contributed by atoms with E-state index in [1.54, 1.807) is 7.11 Å². The average molecular weight is 302 g/mol. The van der Waals surface area contributed by atoms with Crippen LogP contribution in [-0.2, 0) is 4.79 Å². The van der Waals surface area contributed by atoms with Gasteiger partial charge in [0.1, 0.15) is 18.1 Å². The minimum Gasteiger partial charge on any atom is -0.497 e. The van der Waals surface area contributed by atoms with Gasteiger partial charge in [-0.2, -0.15) is 0 Å². The molecule has 2 aliphatic heterocycles. The molecule has 1 aromatic rings. The maximum absolute atomic E-state index is 12.7. The molecule has 1 aromatic carbocycles. The number of benzene rings is 1. The summed E-state index contributed by atoms with van der Waals surface area (Å²) in [6.45, 7) is 1.91. The van der Waals surface area contributed by atoms with Crippen molar-refractivity contribution in [1.82, 2.24) is 10.2 Å². The first kappa shape index (κ1) is 14.9. The standard InChI is InChI=1S/C17H22N2O3/c1-18-14-4-3-7-19(10-14)17(20)13-8-12-9-15(21-2)5-6-16(12)22-11-13/h5-6,8-9,14,18H,3-4,7,10-11H2,1-2H3. The van der Waals surface area contributed by atoms with Crippen molar-refractivity contribution in [2.24, 2.45) is 0 Å². The van der Waals surface area contributed by atoms with Gasteiger partial charge in [0.15, 0.2) is 0 Å². The van der Waals surface area contributed by atoms with Crippen molar-refractivity contribution < 1.29 is 14.3 Å². The van der Waals surface area contributed by atoms with E-state index in [1.165, 1.54) is 0 Å². The average Bonchev–Trinajstić information content (AvgIpc) is 2.60. The summed E-state index contributed by atoms with van der Waals surface area (Å²) >= 11 is 0. The third-order valence-corrected chi connectivity index (χ3v) is 4.32. The smallest absolute Gasteiger partial charge is 0.253 e. The Kier molecular flexibility index (Phi) is 4.34. The highest BCUT2D eigenvalue weighted by molar-refractivity contribution is 5.99. The maximum Gasteiger partial charge on any atom is 0.253 e. The van der Waals surface area contributed by atoms with Gasteiger partial charge in [-0.15, -0.1) is 0 Å². The van der Waals surface area contributed by atoms with Crippen molar-refractivity contribution in [2.75, 3.05) is 33.9 Å². The zero-order chi connectivity index (χ0) is 15.5. The van der Waals surface area contributed by atoms with Crippen LogP contribution in [0.2, 0.25) is 0 Å². The van der Waals surface area contributed by atoms with E-state index >= 15 is 0 Å². The van der Waals surface area contributed by atoms with E-state index in [-0.39, 0.29) is 5.91 Å². The fraction of sp³-hybridized carbons (Fsp3) is 0.471. The number of fused-ring (bicyclic) bond motifs is 1. The number of methoxy groups -OCH3 is 1. The summed E-state index contributed by atoms with van der Waals surface area (Å²) in [5, 5.41) is 3.26. The van der Waals surface area contributed by atoms with Crippen LogP contribution in [0.15, 0.2) is 23.8 Å². The highest BCUT2D eigenvalue weighted by Crippen LogP contribution is 2.30. The first-order valence-corrected chi connectivity index (χ1v) is 7.69. The number of likely N-dealkylation sites (tertiary alicyclic amines) is 1. The molecule has 1 amide bonds. The van der Waals surface area contributed by atoms with Crippen LogP contribution in [0.25, 0.3) is 6.08 Å². The zero-order valence-corrected chi connectivity index (χ0v) is 13.1. The molecule has 0 aliphatic carbocycles. The van der Waals surface area contributed by atoms with Crippen molar-refractivity contribution in [3.05, 3.63) is 29.3 Å². The minimum atomic E-state index is 0.0772. The van der Waals surface area contributed by atoms with Crippen LogP contribution in [0.4, 0.5) is 0 Å². The molecular weight excluding hydrogens is 280 g/mol. The van der Waals surface area contributed by atoms with Crippen LogP contribution in [0.5, 0.6) is 11.5 Å². The Morgan fingerprint density at radius 1 is 1.45 bits per heavy atom. The number of hydrogen-bond donors (Lipinski definition) is 1. The van der Waals surface area contributed by atoms with Crippen LogP contribution in [-0.4, -0.2) is 50.7 Å². The van der Waals surface area contributed by atoms with Gasteiger partial charge in [-0.25, -0.2) is 0 Å². The molecule has 0 aromatic heterocycles. The summed E-state index contributed by atoms with van der Waals surface area (Å²) in [6, 6.07) is 6.02. The summed E-state index contributed by atoms with van der Waals surface area (Å²) in [4.78, 5) is 14.6. The Labute approximate surface area is 130 Å². The molecule has 1 fully saturated rings. The molecule has 5 nitrogen and oxygen atoms in total. The molecule has 1 atom stereocenters. The van der Waals surface area contributed by atoms with Gasteiger partial charge >= 0.3 is 0 Å². The number of carbonyl (C=O) groups excluding carboxylic acids is 1. The number of hydrogen-bond acceptors (Lipinski definition) is 4. The van der Waals surface area contributed by atoms with Gasteiger partial charge in [0.25, 0.3) is 5.91 Å². The molecule has 118 valence electrons. The van der Waals surface area contributed by atoms with Crippen LogP contribution < -0.4 is 14.8 Å². The molecule has 1 saturated heterocycles. The van der Waals surface area contributed by atoms with E-state index in [1.807, 2.05) is 36.2 Å². The van der Waals surface area contributed by atoms with E-state index in [2.05, 4.69) is 5.32 Å². The number of amides is 1. The summed E-state index contributed by atoms with van der Waals surface area (Å²) < 4.78 is 10.9. The van der Waals surface area contributed by atoms with Crippen molar-refractivity contribution in [3.63, 3.8) is 0 Å². The van der Waals surface area contributed by atoms with Gasteiger partial charge in [0.2, 0.25) is 0 Å². The third kappa shape index (κ3) is 2.95. The van der Waals surface area contributed by atoms with Crippen molar-refractivity contribution >= 4 is 12.0 Å². The number of carbonyl (C=O) groups is 1. The van der Waals surface area contributed by atoms with Gasteiger partial charge in [-0.1, -0.05) is 0 Å². The molecule has 22 heavy (non-hydrogen) atoms. The predicted octanol–water partition coefficient (Wildman–Crippen LogP) is 1.68. The lowest BCUT2D eigenvalue weighted by Crippen LogP contribution is -2.47. The number of likely N-dealkylation sites (N-methyl/N-ethyl adjacent to an activating group) is 1. The molecule has 0 spiro atoms. The minimum absolute atomic E-state index is 0.0772. The van der Waals surface area contributed by atoms with Crippen molar-refractivity contribution in [2.45, 2.75) is 18.9 Å². The highest BCUT2D eigenvalue weighted by atomic mass is 16.5. The van der Waals surface area contributed by atoms with E-state index < -0.39 is 0 Å². The van der Waals surface area contributed by atoms with Crippen LogP contribution in [0.1, 0.15) is 18.4 Å². The Bertz CT molecular complexity index is 598. The van der Waals surface area contributed by atoms with Gasteiger partial charge in [-0.05, 0) is 44.2 Å². The van der Waals surface area contributed by atoms with Crippen LogP contribution in [0, 0.1) is 0 Å². The molecule has 0 radical (unpaired) electrons. The van der Waals surface area contributed by atoms with Crippen molar-refractivity contribution in [3.8, 4) is 11.5 Å². The van der Waals surface area contributed by atoms with Crippen LogP contribution in [0.3, 0.4) is 0 Å². The number of piperidine rings is 1. The van der Waals surface area contributed by atoms with E-state index in [0.717, 1.165) is 43.0 Å². The zero-order valence-electron chi connectivity index (χ0n) is 13.1. The third-order valence-electron chi connectivity index (χ3n) is 4.32. The van der Waals surface area contributed by atoms with Crippen LogP contribution >= 0.6 is 0 Å². The first-order chi connectivity index (χ1) is 10.7. The number of rotatable bonds is 3. The number of ether oxygens (including phenoxy) is 2. The van der Waals surface area contributed by atoms with E-state index in [0.29, 0.717) is 18.2 Å². The Morgan fingerprint density at radius 3 is 3.09 bits per heavy atom. The highest BCUT2D eigenvalue weighted by Gasteiger charge is 2.26. The summed E-state index contributed by atoms with van der Waals surface area (Å²) in [6.07, 6.45) is 4.08. The van der Waals surface area contributed by atoms with Gasteiger partial charge < -0.3 is 19.7 Å². The number of nitrogens with zero attached hydrogens (tertiary/aromatic N) is 1.